The molecule has 9 atom stereocenters. The number of nitrogens with one attached hydrogen (secondary N) is 9. The number of aliphatic hydroxyl groups excluding tert-OH is 1. The van der Waals surface area contributed by atoms with Crippen molar-refractivity contribution in [3.8, 4) is 5.75 Å². The number of hydrogen-bond acceptors (Lipinski definition) is 16. The van der Waals surface area contributed by atoms with Crippen LogP contribution in [0, 0.1) is 0 Å². The Bertz CT molecular complexity index is 2510. The maximum atomic E-state index is 14.9. The zero-order valence-corrected chi connectivity index (χ0v) is 46.5. The Morgan fingerprint density at radius 2 is 1.40 bits per heavy atom. The van der Waals surface area contributed by atoms with Crippen LogP contribution in [0.1, 0.15) is 97.1 Å². The minimum atomic E-state index is -1.56. The number of benzene rings is 2. The molecule has 0 spiro atoms. The molecule has 9 amide bonds. The number of unbranched alkanes of at least 4 members (excludes halogenated alkanes) is 3. The van der Waals surface area contributed by atoms with E-state index in [2.05, 4.69) is 47.5 Å². The Morgan fingerprint density at radius 1 is 0.782 bits per heavy atom. The molecular formula is C52H78N12O12S2. The number of ether oxygens (including phenoxy) is 1. The average Bonchev–Trinajstić information content (AvgIpc) is 3.79. The summed E-state index contributed by atoms with van der Waals surface area (Å²) < 4.78 is 5.32. The number of amides is 9. The largest absolute Gasteiger partial charge is 0.508 e. The first-order valence-electron chi connectivity index (χ1n) is 26.1. The molecule has 1 aliphatic heterocycles. The smallest absolute Gasteiger partial charge is 0.407 e. The van der Waals surface area contributed by atoms with Gasteiger partial charge in [-0.1, -0.05) is 78.1 Å². The molecule has 26 heteroatoms. The van der Waals surface area contributed by atoms with Gasteiger partial charge in [0.05, 0.1) is 12.1 Å². The summed E-state index contributed by atoms with van der Waals surface area (Å²) in [6.07, 6.45) is 2.01. The van der Waals surface area contributed by atoms with Gasteiger partial charge in [-0.3, -0.25) is 38.4 Å². The number of phenols is 1. The molecule has 0 unspecified atom stereocenters. The molecule has 0 bridgehead atoms. The number of H-pyrrole nitrogens is 1. The molecule has 17 N–H and O–H groups in total. The van der Waals surface area contributed by atoms with E-state index in [4.69, 9.17) is 21.9 Å². The van der Waals surface area contributed by atoms with Gasteiger partial charge in [-0.2, -0.15) is 0 Å². The van der Waals surface area contributed by atoms with Gasteiger partial charge >= 0.3 is 6.09 Å². The number of primary amides is 1. The van der Waals surface area contributed by atoms with Crippen molar-refractivity contribution in [2.45, 2.75) is 159 Å². The fourth-order valence-electron chi connectivity index (χ4n) is 8.14. The lowest BCUT2D eigenvalue weighted by Crippen LogP contribution is -2.61. The first-order chi connectivity index (χ1) is 37.0. The monoisotopic (exact) mass is 1130 g/mol. The molecule has 0 aliphatic carbocycles. The van der Waals surface area contributed by atoms with Crippen LogP contribution in [-0.2, 0) is 55.9 Å². The summed E-state index contributed by atoms with van der Waals surface area (Å²) in [6, 6.07) is 2.33. The molecular weight excluding hydrogens is 1050 g/mol. The summed E-state index contributed by atoms with van der Waals surface area (Å²) in [7, 11) is 2.00. The van der Waals surface area contributed by atoms with Crippen molar-refractivity contribution in [3.05, 3.63) is 65.9 Å². The Balaban J connectivity index is 1.80. The van der Waals surface area contributed by atoms with Gasteiger partial charge in [-0.25, -0.2) is 4.79 Å². The van der Waals surface area contributed by atoms with Gasteiger partial charge in [0.25, 0.3) is 0 Å². The van der Waals surface area contributed by atoms with Crippen LogP contribution >= 0.6 is 21.6 Å². The number of carbonyl (C=O) groups is 9. The molecule has 3 aromatic rings. The van der Waals surface area contributed by atoms with E-state index in [1.54, 1.807) is 52.1 Å². The van der Waals surface area contributed by atoms with Crippen LogP contribution in [0.3, 0.4) is 0 Å². The second-order valence-corrected chi connectivity index (χ2v) is 22.6. The molecule has 2 aromatic carbocycles. The van der Waals surface area contributed by atoms with Crippen molar-refractivity contribution in [1.82, 2.24) is 47.5 Å². The normalized spacial score (nSPS) is 21.5. The highest BCUT2D eigenvalue weighted by molar-refractivity contribution is 8.76. The van der Waals surface area contributed by atoms with Crippen molar-refractivity contribution in [2.75, 3.05) is 24.6 Å². The molecule has 1 fully saturated rings. The van der Waals surface area contributed by atoms with E-state index in [0.29, 0.717) is 49.8 Å². The topological polar surface area (TPSA) is 393 Å². The maximum absolute atomic E-state index is 14.9. The lowest BCUT2D eigenvalue weighted by atomic mass is 10.0. The van der Waals surface area contributed by atoms with Gasteiger partial charge in [0, 0.05) is 48.0 Å². The van der Waals surface area contributed by atoms with E-state index in [-0.39, 0.29) is 55.9 Å². The third-order valence-corrected chi connectivity index (χ3v) is 14.9. The Kier molecular flexibility index (Phi) is 26.0. The number of nitrogens with two attached hydrogens (primary N) is 3. The van der Waals surface area contributed by atoms with Crippen LogP contribution in [-0.4, -0.2) is 153 Å². The van der Waals surface area contributed by atoms with Crippen LogP contribution in [0.15, 0.2) is 54.7 Å². The number of carbonyl (C=O) groups excluding carboxylic acids is 9. The number of rotatable bonds is 21. The van der Waals surface area contributed by atoms with Gasteiger partial charge in [0.2, 0.25) is 47.3 Å². The molecule has 1 aliphatic rings. The van der Waals surface area contributed by atoms with E-state index < -0.39 is 113 Å². The van der Waals surface area contributed by atoms with Gasteiger partial charge in [-0.05, 0) is 95.7 Å². The number of fused-ring (bicyclic) bond motifs is 1. The van der Waals surface area contributed by atoms with Crippen LogP contribution in [0.2, 0.25) is 0 Å². The van der Waals surface area contributed by atoms with Gasteiger partial charge < -0.3 is 79.7 Å². The fourth-order valence-corrected chi connectivity index (χ4v) is 10.5. The second kappa shape index (κ2) is 31.7. The summed E-state index contributed by atoms with van der Waals surface area (Å²) in [5.41, 5.74) is 18.5. The predicted octanol–water partition coefficient (Wildman–Crippen LogP) is 0.265. The molecule has 430 valence electrons. The van der Waals surface area contributed by atoms with E-state index in [1.165, 1.54) is 19.1 Å². The van der Waals surface area contributed by atoms with Gasteiger partial charge in [0.15, 0.2) is 0 Å². The number of aliphatic hydroxyl groups is 1. The lowest BCUT2D eigenvalue weighted by Gasteiger charge is -2.28. The van der Waals surface area contributed by atoms with E-state index in [1.807, 2.05) is 18.2 Å². The lowest BCUT2D eigenvalue weighted by molar-refractivity contribution is -0.135. The molecule has 0 radical (unpaired) electrons. The second-order valence-electron chi connectivity index (χ2n) is 20.1. The highest BCUT2D eigenvalue weighted by Crippen LogP contribution is 2.25. The summed E-state index contributed by atoms with van der Waals surface area (Å²) in [6.45, 7) is 8.67. The third-order valence-electron chi connectivity index (χ3n) is 12.5. The standard InChI is InChI=1S/C52H78N12O12S2/c1-6-35-45(69)63-41(50(74)64-42(29(2)65)43(55)67)28-78-77-27-40(62-44(68)34(54)15-11-12-22-53)49(73)60-38(24-30-18-20-32(66)21-19-30)47(71)61-39(25-31-26-57-36-16-10-9-14-33(31)36)48(72)59-37(46(70)58-35)17-8-7-13-23-56-51(75)76-52(3,4)5/h9-10,14,16,18-21,26,29,34-35,37-42,57,65-66H,6-8,11-13,15,17,22-25,27-28,53-54H2,1-5H3,(H2,55,67)(H,56,75)(H,58,70)(H,59,72)(H,60,73)(H,61,71)(H,62,68)(H,63,69)(H,64,74)/t29-,34-,35+,37+,38+,39-,40+,41+,42+/m1/s1. The number of aromatic amines is 1. The number of phenolic OH excluding ortho intramolecular Hbond substituents is 1. The number of aromatic nitrogens is 1. The molecule has 2 heterocycles. The zero-order chi connectivity index (χ0) is 57.5. The minimum absolute atomic E-state index is 0.00505. The van der Waals surface area contributed by atoms with Crippen LogP contribution in [0.25, 0.3) is 10.9 Å². The van der Waals surface area contributed by atoms with E-state index in [0.717, 1.165) is 32.5 Å². The van der Waals surface area contributed by atoms with Crippen molar-refractivity contribution in [3.63, 3.8) is 0 Å². The highest BCUT2D eigenvalue weighted by Gasteiger charge is 2.36. The van der Waals surface area contributed by atoms with E-state index in [9.17, 15) is 53.4 Å². The average molecular weight is 1130 g/mol. The number of para-hydroxylation sites is 1. The summed E-state index contributed by atoms with van der Waals surface area (Å²) in [5, 5.41) is 42.6. The number of alkyl carbamates (subject to hydrolysis) is 1. The third kappa shape index (κ3) is 21.3. The number of aromatic hydroxyl groups is 1. The van der Waals surface area contributed by atoms with E-state index >= 15 is 0 Å². The van der Waals surface area contributed by atoms with Crippen molar-refractivity contribution in [2.24, 2.45) is 17.2 Å². The Labute approximate surface area is 461 Å². The predicted molar refractivity (Wildman–Crippen MR) is 297 cm³/mol. The molecule has 4 rings (SSSR count). The molecule has 24 nitrogen and oxygen atoms in total. The Hall–Kier alpha value is -6.61. The summed E-state index contributed by atoms with van der Waals surface area (Å²) >= 11 is 0. The summed E-state index contributed by atoms with van der Waals surface area (Å²) in [5.74, 6) is -7.20. The van der Waals surface area contributed by atoms with Gasteiger partial charge in [0.1, 0.15) is 53.6 Å². The maximum Gasteiger partial charge on any atom is 0.407 e. The van der Waals surface area contributed by atoms with Crippen molar-refractivity contribution in [1.29, 1.82) is 0 Å². The number of hydrogen-bond donors (Lipinski definition) is 14. The molecule has 78 heavy (non-hydrogen) atoms. The SMILES string of the molecule is CC[C@@H]1NC(=O)[C@H](CCCCCNC(=O)OC(C)(C)C)NC(=O)[C@@H](Cc2c[nH]c3ccccc23)NC(=O)[C@H](Cc2ccc(O)cc2)NC(=O)[C@@H](NC(=O)[C@H](N)CCCCN)CSSC[C@@H](C(=O)N[C@H](C(N)=O)[C@@H](C)O)NC1=O. The van der Waals surface area contributed by atoms with Crippen LogP contribution in [0.4, 0.5) is 4.79 Å². The minimum Gasteiger partial charge on any atom is -0.508 e. The summed E-state index contributed by atoms with van der Waals surface area (Å²) in [4.78, 5) is 128. The highest BCUT2D eigenvalue weighted by atomic mass is 33.1. The molecule has 0 saturated carbocycles. The Morgan fingerprint density at radius 3 is 2.05 bits per heavy atom. The first kappa shape index (κ1) is 63.9. The van der Waals surface area contributed by atoms with Crippen molar-refractivity contribution >= 4 is 85.8 Å². The van der Waals surface area contributed by atoms with Crippen LogP contribution in [0.5, 0.6) is 5.75 Å². The quantitative estimate of drug-likeness (QED) is 0.0503. The molecule has 1 aromatic heterocycles. The van der Waals surface area contributed by atoms with Crippen molar-refractivity contribution < 1.29 is 58.1 Å². The van der Waals surface area contributed by atoms with Crippen LogP contribution < -0.4 is 59.7 Å². The first-order valence-corrected chi connectivity index (χ1v) is 28.6. The fraction of sp³-hybridized carbons (Fsp3) is 0.558. The van der Waals surface area contributed by atoms with Gasteiger partial charge in [-0.15, -0.1) is 0 Å². The zero-order valence-electron chi connectivity index (χ0n) is 44.8. The molecule has 1 saturated heterocycles.